The Hall–Kier alpha value is -0.850. The molecule has 1 aromatic carbocycles. The van der Waals surface area contributed by atoms with E-state index >= 15 is 0 Å². The minimum Gasteiger partial charge on any atom is -0.450 e. The Morgan fingerprint density at radius 1 is 1.00 bits per heavy atom. The number of hydrogen-bond acceptors (Lipinski definition) is 2. The highest BCUT2D eigenvalue weighted by Crippen LogP contribution is 2.21. The molecule has 0 heterocycles. The molecule has 0 N–H and O–H groups in total. The molecule has 1 aromatic rings. The summed E-state index contributed by atoms with van der Waals surface area (Å²) in [5, 5.41) is 0. The molecule has 0 saturated carbocycles. The molecule has 0 aliphatic carbocycles. The van der Waals surface area contributed by atoms with Gasteiger partial charge in [0.1, 0.15) is 5.75 Å². The fraction of sp³-hybridized carbons (Fsp3) is 0.467. The quantitative estimate of drug-likeness (QED) is 0.314. The van der Waals surface area contributed by atoms with E-state index in [1.54, 1.807) is 0 Å². The van der Waals surface area contributed by atoms with E-state index in [0.717, 1.165) is 25.2 Å². The zero-order chi connectivity index (χ0) is 12.9. The van der Waals surface area contributed by atoms with Gasteiger partial charge in [0.05, 0.1) is 6.61 Å². The van der Waals surface area contributed by atoms with Crippen molar-refractivity contribution in [3.63, 3.8) is 0 Å². The maximum absolute atomic E-state index is 5.46. The van der Waals surface area contributed by atoms with Crippen molar-refractivity contribution in [1.82, 2.24) is 0 Å². The molecule has 1 rings (SSSR count). The van der Waals surface area contributed by atoms with Crippen LogP contribution in [-0.4, -0.2) is 6.61 Å². The molecule has 0 saturated heterocycles. The van der Waals surface area contributed by atoms with Crippen molar-refractivity contribution in [3.8, 4) is 5.75 Å². The standard InChI is InChI=1S/C15H23O2P/c1-2-3-4-5-6-7-11-14-16-18-17-15-12-9-8-10-13-15/h2,8-10,12-13,18H,1,3-7,11,14H2. The number of para-hydroxylation sites is 1. The SMILES string of the molecule is C=CCCCCCCCOPOc1ccccc1. The van der Waals surface area contributed by atoms with E-state index in [9.17, 15) is 0 Å². The maximum atomic E-state index is 5.46. The van der Waals surface area contributed by atoms with Crippen molar-refractivity contribution in [1.29, 1.82) is 0 Å². The molecular weight excluding hydrogens is 243 g/mol. The summed E-state index contributed by atoms with van der Waals surface area (Å²) in [4.78, 5) is 0. The van der Waals surface area contributed by atoms with Gasteiger partial charge < -0.3 is 9.05 Å². The largest absolute Gasteiger partial charge is 0.450 e. The molecule has 0 aromatic heterocycles. The Balaban J connectivity index is 1.83. The summed E-state index contributed by atoms with van der Waals surface area (Å²) in [6, 6.07) is 9.78. The summed E-state index contributed by atoms with van der Waals surface area (Å²) in [6.07, 6.45) is 9.36. The number of rotatable bonds is 11. The van der Waals surface area contributed by atoms with E-state index < -0.39 is 0 Å². The number of allylic oxidation sites excluding steroid dienone is 1. The van der Waals surface area contributed by atoms with Crippen LogP contribution >= 0.6 is 9.03 Å². The van der Waals surface area contributed by atoms with Crippen LogP contribution in [0.4, 0.5) is 0 Å². The third-order valence-corrected chi connectivity index (χ3v) is 3.26. The van der Waals surface area contributed by atoms with Crippen LogP contribution in [0.3, 0.4) is 0 Å². The van der Waals surface area contributed by atoms with E-state index in [2.05, 4.69) is 6.58 Å². The minimum atomic E-state index is 0.109. The average molecular weight is 266 g/mol. The normalized spacial score (nSPS) is 10.9. The van der Waals surface area contributed by atoms with Crippen LogP contribution in [0, 0.1) is 0 Å². The highest BCUT2D eigenvalue weighted by molar-refractivity contribution is 7.26. The predicted octanol–water partition coefficient (Wildman–Crippen LogP) is 5.12. The van der Waals surface area contributed by atoms with Crippen LogP contribution < -0.4 is 4.52 Å². The number of benzene rings is 1. The Labute approximate surface area is 112 Å². The Morgan fingerprint density at radius 2 is 1.72 bits per heavy atom. The zero-order valence-electron chi connectivity index (χ0n) is 10.9. The van der Waals surface area contributed by atoms with Crippen molar-refractivity contribution >= 4 is 9.03 Å². The Bertz CT molecular complexity index is 301. The summed E-state index contributed by atoms with van der Waals surface area (Å²) in [5.41, 5.74) is 0. The highest BCUT2D eigenvalue weighted by Gasteiger charge is 1.93. The van der Waals surface area contributed by atoms with Gasteiger partial charge in [-0.1, -0.05) is 43.5 Å². The van der Waals surface area contributed by atoms with Crippen molar-refractivity contribution in [3.05, 3.63) is 43.0 Å². The first kappa shape index (κ1) is 15.2. The Kier molecular flexibility index (Phi) is 9.51. The lowest BCUT2D eigenvalue weighted by Gasteiger charge is -2.05. The van der Waals surface area contributed by atoms with Crippen LogP contribution in [0.5, 0.6) is 5.75 Å². The van der Waals surface area contributed by atoms with E-state index in [-0.39, 0.29) is 9.03 Å². The zero-order valence-corrected chi connectivity index (χ0v) is 11.9. The van der Waals surface area contributed by atoms with Crippen molar-refractivity contribution in [2.75, 3.05) is 6.61 Å². The van der Waals surface area contributed by atoms with Crippen LogP contribution in [-0.2, 0) is 4.52 Å². The van der Waals surface area contributed by atoms with Gasteiger partial charge in [0.2, 0.25) is 9.03 Å². The van der Waals surface area contributed by atoms with Gasteiger partial charge in [-0.15, -0.1) is 6.58 Å². The Morgan fingerprint density at radius 3 is 2.50 bits per heavy atom. The highest BCUT2D eigenvalue weighted by atomic mass is 31.1. The topological polar surface area (TPSA) is 18.5 Å². The second-order valence-electron chi connectivity index (χ2n) is 4.19. The fourth-order valence-electron chi connectivity index (χ4n) is 1.60. The molecule has 0 fully saturated rings. The summed E-state index contributed by atoms with van der Waals surface area (Å²) < 4.78 is 10.9. The first-order valence-electron chi connectivity index (χ1n) is 6.63. The summed E-state index contributed by atoms with van der Waals surface area (Å²) in [7, 11) is 0.109. The van der Waals surface area contributed by atoms with E-state index in [0.29, 0.717) is 0 Å². The third-order valence-electron chi connectivity index (χ3n) is 2.62. The maximum Gasteiger partial charge on any atom is 0.215 e. The molecule has 0 amide bonds. The first-order valence-corrected chi connectivity index (χ1v) is 7.44. The van der Waals surface area contributed by atoms with E-state index in [1.807, 2.05) is 36.4 Å². The second-order valence-corrected chi connectivity index (χ2v) is 4.85. The lowest BCUT2D eigenvalue weighted by atomic mass is 10.1. The van der Waals surface area contributed by atoms with Gasteiger partial charge >= 0.3 is 0 Å². The van der Waals surface area contributed by atoms with Gasteiger partial charge in [0, 0.05) is 0 Å². The second kappa shape index (κ2) is 11.3. The van der Waals surface area contributed by atoms with Crippen LogP contribution in [0.15, 0.2) is 43.0 Å². The van der Waals surface area contributed by atoms with E-state index in [4.69, 9.17) is 9.05 Å². The predicted molar refractivity (Wildman–Crippen MR) is 79.2 cm³/mol. The van der Waals surface area contributed by atoms with Gasteiger partial charge in [0.15, 0.2) is 0 Å². The smallest absolute Gasteiger partial charge is 0.215 e. The van der Waals surface area contributed by atoms with Gasteiger partial charge in [-0.3, -0.25) is 0 Å². The van der Waals surface area contributed by atoms with Gasteiger partial charge in [-0.2, -0.15) is 0 Å². The molecule has 3 heteroatoms. The molecule has 1 atom stereocenters. The number of hydrogen-bond donors (Lipinski definition) is 0. The van der Waals surface area contributed by atoms with E-state index in [1.165, 1.54) is 25.7 Å². The monoisotopic (exact) mass is 266 g/mol. The number of unbranched alkanes of at least 4 members (excludes halogenated alkanes) is 5. The summed E-state index contributed by atoms with van der Waals surface area (Å²) >= 11 is 0. The molecule has 2 nitrogen and oxygen atoms in total. The van der Waals surface area contributed by atoms with Crippen molar-refractivity contribution in [2.24, 2.45) is 0 Å². The van der Waals surface area contributed by atoms with Crippen LogP contribution in [0.1, 0.15) is 38.5 Å². The van der Waals surface area contributed by atoms with Gasteiger partial charge in [-0.25, -0.2) is 0 Å². The van der Waals surface area contributed by atoms with Crippen LogP contribution in [0.2, 0.25) is 0 Å². The molecule has 0 bridgehead atoms. The molecule has 0 radical (unpaired) electrons. The summed E-state index contributed by atoms with van der Waals surface area (Å²) in [6.45, 7) is 4.52. The third kappa shape index (κ3) is 8.27. The van der Waals surface area contributed by atoms with Crippen molar-refractivity contribution in [2.45, 2.75) is 38.5 Å². The lowest BCUT2D eigenvalue weighted by Crippen LogP contribution is -1.88. The van der Waals surface area contributed by atoms with Gasteiger partial charge in [-0.05, 0) is 31.4 Å². The average Bonchev–Trinajstić information content (AvgIpc) is 2.42. The molecule has 100 valence electrons. The molecule has 0 aliphatic rings. The fourth-order valence-corrected chi connectivity index (χ4v) is 2.12. The lowest BCUT2D eigenvalue weighted by molar-refractivity contribution is 0.316. The molecular formula is C15H23O2P. The molecule has 18 heavy (non-hydrogen) atoms. The summed E-state index contributed by atoms with van der Waals surface area (Å²) in [5.74, 6) is 0.875. The van der Waals surface area contributed by atoms with Crippen LogP contribution in [0.25, 0.3) is 0 Å². The molecule has 0 spiro atoms. The van der Waals surface area contributed by atoms with Gasteiger partial charge in [0.25, 0.3) is 0 Å². The minimum absolute atomic E-state index is 0.109. The van der Waals surface area contributed by atoms with Crippen molar-refractivity contribution < 1.29 is 9.05 Å². The molecule has 0 aliphatic heterocycles. The molecule has 1 unspecified atom stereocenters. The first-order chi connectivity index (χ1) is 8.93.